The number of aliphatic carboxylic acids is 1. The molecule has 0 saturated heterocycles. The number of ketones is 1. The lowest BCUT2D eigenvalue weighted by molar-refractivity contribution is -0.148. The molecule has 0 unspecified atom stereocenters. The van der Waals surface area contributed by atoms with E-state index in [9.17, 15) is 14.4 Å². The van der Waals surface area contributed by atoms with Crippen molar-refractivity contribution in [1.29, 1.82) is 0 Å². The van der Waals surface area contributed by atoms with Crippen LogP contribution in [-0.2, 0) is 14.4 Å². The van der Waals surface area contributed by atoms with Crippen molar-refractivity contribution in [3.8, 4) is 0 Å². The van der Waals surface area contributed by atoms with E-state index >= 15 is 0 Å². The van der Waals surface area contributed by atoms with Gasteiger partial charge in [0.15, 0.2) is 6.29 Å². The van der Waals surface area contributed by atoms with Gasteiger partial charge in [0.1, 0.15) is 24.4 Å². The first-order valence-electron chi connectivity index (χ1n) is 4.71. The van der Waals surface area contributed by atoms with Gasteiger partial charge in [-0.2, -0.15) is 0 Å². The zero-order chi connectivity index (χ0) is 14.9. The van der Waals surface area contributed by atoms with Crippen LogP contribution >= 0.6 is 0 Å². The van der Waals surface area contributed by atoms with E-state index in [-0.39, 0.29) is 6.29 Å². The molecule has 0 amide bonds. The highest BCUT2D eigenvalue weighted by Gasteiger charge is 2.29. The maximum absolute atomic E-state index is 9.90. The number of hydrogen-bond acceptors (Lipinski definition) is 8. The van der Waals surface area contributed by atoms with Gasteiger partial charge in [0.2, 0.25) is 5.78 Å². The SMILES string of the molecule is CC(=O)C(=O)O.O=C[C@H](O)[C@@H](O)[C@@H](O)[C@H](O)CO. The molecule has 4 atom stereocenters. The average molecular weight is 268 g/mol. The van der Waals surface area contributed by atoms with Crippen molar-refractivity contribution in [3.63, 3.8) is 0 Å². The number of carbonyl (C=O) groups is 3. The van der Waals surface area contributed by atoms with E-state index < -0.39 is 42.8 Å². The first kappa shape index (κ1) is 19.0. The monoisotopic (exact) mass is 268 g/mol. The third-order valence-corrected chi connectivity index (χ3v) is 1.72. The highest BCUT2D eigenvalue weighted by Crippen LogP contribution is 2.02. The van der Waals surface area contributed by atoms with Gasteiger partial charge in [0.25, 0.3) is 0 Å². The minimum Gasteiger partial charge on any atom is -0.476 e. The molecule has 0 aromatic carbocycles. The van der Waals surface area contributed by atoms with Crippen LogP contribution in [-0.4, -0.2) is 79.7 Å². The molecule has 9 nitrogen and oxygen atoms in total. The Bertz CT molecular complexity index is 265. The first-order valence-corrected chi connectivity index (χ1v) is 4.71. The Balaban J connectivity index is 0. The van der Waals surface area contributed by atoms with E-state index in [1.165, 1.54) is 0 Å². The summed E-state index contributed by atoms with van der Waals surface area (Å²) < 4.78 is 0. The first-order chi connectivity index (χ1) is 8.18. The molecule has 0 spiro atoms. The maximum Gasteiger partial charge on any atom is 0.371 e. The number of carboxylic acids is 1. The van der Waals surface area contributed by atoms with E-state index in [1.807, 2.05) is 0 Å². The Labute approximate surface area is 102 Å². The van der Waals surface area contributed by atoms with Crippen LogP contribution in [0, 0.1) is 0 Å². The Morgan fingerprint density at radius 2 is 1.50 bits per heavy atom. The van der Waals surface area contributed by atoms with Crippen LogP contribution in [0.3, 0.4) is 0 Å². The molecule has 18 heavy (non-hydrogen) atoms. The Morgan fingerprint density at radius 1 is 1.11 bits per heavy atom. The lowest BCUT2D eigenvalue weighted by atomic mass is 10.0. The summed E-state index contributed by atoms with van der Waals surface area (Å²) in [6, 6.07) is 0. The number of hydrogen-bond donors (Lipinski definition) is 6. The number of Topliss-reactive ketones (excluding diaryl/α,β-unsaturated/α-hetero) is 1. The highest BCUT2D eigenvalue weighted by molar-refractivity contribution is 6.31. The van der Waals surface area contributed by atoms with Crippen molar-refractivity contribution < 1.29 is 45.0 Å². The van der Waals surface area contributed by atoms with Crippen LogP contribution in [0.15, 0.2) is 0 Å². The number of aliphatic hydroxyl groups is 5. The van der Waals surface area contributed by atoms with E-state index in [2.05, 4.69) is 0 Å². The van der Waals surface area contributed by atoms with Crippen molar-refractivity contribution in [2.45, 2.75) is 31.3 Å². The molecule has 0 saturated carbocycles. The quantitative estimate of drug-likeness (QED) is 0.209. The maximum atomic E-state index is 9.90. The summed E-state index contributed by atoms with van der Waals surface area (Å²) in [5.74, 6) is -2.20. The van der Waals surface area contributed by atoms with Crippen molar-refractivity contribution in [2.75, 3.05) is 6.61 Å². The smallest absolute Gasteiger partial charge is 0.371 e. The molecule has 0 aromatic rings. The molecular weight excluding hydrogens is 252 g/mol. The molecule has 0 aliphatic heterocycles. The Hall–Kier alpha value is -1.39. The molecule has 0 rings (SSSR count). The van der Waals surface area contributed by atoms with Crippen LogP contribution < -0.4 is 0 Å². The van der Waals surface area contributed by atoms with Gasteiger partial charge in [-0.15, -0.1) is 0 Å². The van der Waals surface area contributed by atoms with Gasteiger partial charge in [-0.05, 0) is 0 Å². The number of aldehydes is 1. The molecule has 0 aromatic heterocycles. The fourth-order valence-corrected chi connectivity index (χ4v) is 0.618. The summed E-state index contributed by atoms with van der Waals surface area (Å²) >= 11 is 0. The number of rotatable bonds is 6. The lowest BCUT2D eigenvalue weighted by Gasteiger charge is -2.22. The number of aliphatic hydroxyl groups excluding tert-OH is 5. The summed E-state index contributed by atoms with van der Waals surface area (Å²) in [4.78, 5) is 28.8. The summed E-state index contributed by atoms with van der Waals surface area (Å²) in [6.45, 7) is 0.242. The second kappa shape index (κ2) is 9.62. The summed E-state index contributed by atoms with van der Waals surface area (Å²) in [5, 5.41) is 51.2. The predicted molar refractivity (Wildman–Crippen MR) is 55.5 cm³/mol. The Kier molecular flexibility index (Phi) is 10.1. The third kappa shape index (κ3) is 7.81. The highest BCUT2D eigenvalue weighted by atomic mass is 16.4. The summed E-state index contributed by atoms with van der Waals surface area (Å²) in [6.07, 6.45) is -6.84. The van der Waals surface area contributed by atoms with Gasteiger partial charge >= 0.3 is 5.97 Å². The van der Waals surface area contributed by atoms with Gasteiger partial charge in [0.05, 0.1) is 6.61 Å². The fourth-order valence-electron chi connectivity index (χ4n) is 0.618. The molecule has 9 heteroatoms. The van der Waals surface area contributed by atoms with Crippen molar-refractivity contribution >= 4 is 18.0 Å². The number of carboxylic acid groups (broad SMARTS) is 1. The second-order valence-electron chi connectivity index (χ2n) is 3.22. The van der Waals surface area contributed by atoms with Crippen LogP contribution in [0.25, 0.3) is 0 Å². The minimum atomic E-state index is -1.79. The van der Waals surface area contributed by atoms with Gasteiger partial charge in [-0.3, -0.25) is 4.79 Å². The molecular formula is C9H16O9. The van der Waals surface area contributed by atoms with Gasteiger partial charge in [-0.25, -0.2) is 4.79 Å². The van der Waals surface area contributed by atoms with Gasteiger partial charge < -0.3 is 35.4 Å². The molecule has 106 valence electrons. The van der Waals surface area contributed by atoms with Crippen molar-refractivity contribution in [2.24, 2.45) is 0 Å². The summed E-state index contributed by atoms with van der Waals surface area (Å²) in [5.41, 5.74) is 0. The zero-order valence-electron chi connectivity index (χ0n) is 9.50. The fraction of sp³-hybridized carbons (Fsp3) is 0.667. The van der Waals surface area contributed by atoms with Crippen molar-refractivity contribution in [1.82, 2.24) is 0 Å². The zero-order valence-corrected chi connectivity index (χ0v) is 9.50. The van der Waals surface area contributed by atoms with Crippen molar-refractivity contribution in [3.05, 3.63) is 0 Å². The summed E-state index contributed by atoms with van der Waals surface area (Å²) in [7, 11) is 0. The minimum absolute atomic E-state index is 0.0258. The van der Waals surface area contributed by atoms with Crippen LogP contribution in [0.1, 0.15) is 6.92 Å². The molecule has 0 heterocycles. The Morgan fingerprint density at radius 3 is 1.72 bits per heavy atom. The normalized spacial score (nSPS) is 16.6. The predicted octanol–water partition coefficient (Wildman–Crippen LogP) is -3.72. The molecule has 0 aliphatic rings. The standard InChI is InChI=1S/C6H12O6.C3H4O3/c7-1-3(9)5(11)6(12)4(10)2-8;1-2(4)3(5)6/h1,3-6,8-12H,2H2;1H3,(H,5,6)/t3-,4+,5+,6-;/m0./s1. The average Bonchev–Trinajstić information content (AvgIpc) is 2.35. The van der Waals surface area contributed by atoms with E-state index in [0.717, 1.165) is 6.92 Å². The topological polar surface area (TPSA) is 173 Å². The van der Waals surface area contributed by atoms with Crippen LogP contribution in [0.4, 0.5) is 0 Å². The van der Waals surface area contributed by atoms with E-state index in [4.69, 9.17) is 30.6 Å². The van der Waals surface area contributed by atoms with Gasteiger partial charge in [-0.1, -0.05) is 0 Å². The van der Waals surface area contributed by atoms with E-state index in [1.54, 1.807) is 0 Å². The third-order valence-electron chi connectivity index (χ3n) is 1.72. The lowest BCUT2D eigenvalue weighted by Crippen LogP contribution is -2.46. The second-order valence-corrected chi connectivity index (χ2v) is 3.22. The molecule has 0 radical (unpaired) electrons. The molecule has 0 fully saturated rings. The number of carbonyl (C=O) groups excluding carboxylic acids is 2. The molecule has 0 bridgehead atoms. The van der Waals surface area contributed by atoms with Crippen LogP contribution in [0.2, 0.25) is 0 Å². The van der Waals surface area contributed by atoms with Gasteiger partial charge in [0, 0.05) is 6.92 Å². The van der Waals surface area contributed by atoms with Crippen LogP contribution in [0.5, 0.6) is 0 Å². The largest absolute Gasteiger partial charge is 0.476 e. The molecule has 0 aliphatic carbocycles. The molecule has 6 N–H and O–H groups in total. The van der Waals surface area contributed by atoms with E-state index in [0.29, 0.717) is 0 Å².